The third-order valence-electron chi connectivity index (χ3n) is 3.82. The van der Waals surface area contributed by atoms with Crippen LogP contribution in [0, 0.1) is 20.8 Å². The highest BCUT2D eigenvalue weighted by Gasteiger charge is 2.33. The van der Waals surface area contributed by atoms with E-state index in [9.17, 15) is 0 Å². The van der Waals surface area contributed by atoms with Crippen molar-refractivity contribution < 1.29 is 0 Å². The molecule has 1 aliphatic rings. The first kappa shape index (κ1) is 12.6. The van der Waals surface area contributed by atoms with Gasteiger partial charge in [0.15, 0.2) is 0 Å². The summed E-state index contributed by atoms with van der Waals surface area (Å²) in [7, 11) is 2.21. The van der Waals surface area contributed by atoms with E-state index >= 15 is 0 Å². The summed E-state index contributed by atoms with van der Waals surface area (Å²) in [6, 6.07) is 4.59. The molecule has 17 heavy (non-hydrogen) atoms. The van der Waals surface area contributed by atoms with Gasteiger partial charge in [-0.25, -0.2) is 0 Å². The Morgan fingerprint density at radius 3 is 2.29 bits per heavy atom. The van der Waals surface area contributed by atoms with Crippen LogP contribution in [-0.4, -0.2) is 31.6 Å². The van der Waals surface area contributed by atoms with Gasteiger partial charge in [0.25, 0.3) is 0 Å². The van der Waals surface area contributed by atoms with Crippen molar-refractivity contribution in [2.24, 2.45) is 0 Å². The molecule has 1 N–H and O–H groups in total. The molecule has 1 atom stereocenters. The van der Waals surface area contributed by atoms with E-state index in [4.69, 9.17) is 0 Å². The van der Waals surface area contributed by atoms with Gasteiger partial charge in [0.2, 0.25) is 0 Å². The Kier molecular flexibility index (Phi) is 3.28. The number of hydrogen-bond acceptors (Lipinski definition) is 2. The van der Waals surface area contributed by atoms with E-state index in [1.165, 1.54) is 22.3 Å². The number of likely N-dealkylation sites (N-methyl/N-ethyl adjacent to an activating group) is 1. The lowest BCUT2D eigenvalue weighted by atomic mass is 9.83. The lowest BCUT2D eigenvalue weighted by Crippen LogP contribution is -2.56. The molecule has 0 spiro atoms. The molecule has 0 aromatic heterocycles. The number of piperazine rings is 1. The minimum atomic E-state index is 0.0921. The van der Waals surface area contributed by atoms with Crippen LogP contribution in [0.1, 0.15) is 29.2 Å². The fourth-order valence-electron chi connectivity index (χ4n) is 3.42. The lowest BCUT2D eigenvalue weighted by molar-refractivity contribution is 0.170. The molecule has 2 heteroatoms. The minimum Gasteiger partial charge on any atom is -0.305 e. The van der Waals surface area contributed by atoms with E-state index < -0.39 is 0 Å². The van der Waals surface area contributed by atoms with Crippen molar-refractivity contribution in [3.63, 3.8) is 0 Å². The maximum Gasteiger partial charge on any atom is 0.0540 e. The summed E-state index contributed by atoms with van der Waals surface area (Å²) in [6.07, 6.45) is 0. The standard InChI is InChI=1S/C15H24N2/c1-11-8-12(2)14(13(3)9-11)15(4)10-17(5)7-6-16-15/h8-9,16H,6-7,10H2,1-5H3. The highest BCUT2D eigenvalue weighted by Crippen LogP contribution is 2.30. The van der Waals surface area contributed by atoms with Crippen LogP contribution < -0.4 is 5.32 Å². The van der Waals surface area contributed by atoms with Crippen LogP contribution in [0.2, 0.25) is 0 Å². The van der Waals surface area contributed by atoms with Crippen LogP contribution in [0.4, 0.5) is 0 Å². The summed E-state index contributed by atoms with van der Waals surface area (Å²) in [5, 5.41) is 3.70. The van der Waals surface area contributed by atoms with Crippen molar-refractivity contribution in [2.75, 3.05) is 26.7 Å². The maximum absolute atomic E-state index is 3.70. The molecule has 2 rings (SSSR count). The summed E-state index contributed by atoms with van der Waals surface area (Å²) in [4.78, 5) is 2.41. The van der Waals surface area contributed by atoms with Gasteiger partial charge in [0.1, 0.15) is 0 Å². The Hall–Kier alpha value is -0.860. The monoisotopic (exact) mass is 232 g/mol. The second kappa shape index (κ2) is 4.43. The van der Waals surface area contributed by atoms with Crippen molar-refractivity contribution in [3.8, 4) is 0 Å². The summed E-state index contributed by atoms with van der Waals surface area (Å²) >= 11 is 0. The highest BCUT2D eigenvalue weighted by molar-refractivity contribution is 5.42. The molecule has 0 bridgehead atoms. The van der Waals surface area contributed by atoms with E-state index in [-0.39, 0.29) is 5.54 Å². The number of aryl methyl sites for hydroxylation is 3. The first-order valence-corrected chi connectivity index (χ1v) is 6.44. The SMILES string of the molecule is Cc1cc(C)c(C2(C)CN(C)CCN2)c(C)c1. The van der Waals surface area contributed by atoms with Crippen molar-refractivity contribution in [2.45, 2.75) is 33.2 Å². The largest absolute Gasteiger partial charge is 0.305 e. The van der Waals surface area contributed by atoms with Gasteiger partial charge in [-0.3, -0.25) is 0 Å². The first-order valence-electron chi connectivity index (χ1n) is 6.44. The summed E-state index contributed by atoms with van der Waals surface area (Å²) in [6.45, 7) is 12.3. The quantitative estimate of drug-likeness (QED) is 0.799. The van der Waals surface area contributed by atoms with Crippen LogP contribution in [0.25, 0.3) is 0 Å². The Morgan fingerprint density at radius 2 is 1.76 bits per heavy atom. The minimum absolute atomic E-state index is 0.0921. The molecule has 0 radical (unpaired) electrons. The zero-order valence-corrected chi connectivity index (χ0v) is 11.7. The first-order chi connectivity index (χ1) is 7.92. The number of hydrogen-bond donors (Lipinski definition) is 1. The van der Waals surface area contributed by atoms with Crippen molar-refractivity contribution in [1.82, 2.24) is 10.2 Å². The molecule has 1 aromatic rings. The molecule has 0 amide bonds. The van der Waals surface area contributed by atoms with Crippen LogP contribution in [0.5, 0.6) is 0 Å². The molecule has 0 aliphatic carbocycles. The lowest BCUT2D eigenvalue weighted by Gasteiger charge is -2.42. The second-order valence-corrected chi connectivity index (χ2v) is 5.77. The highest BCUT2D eigenvalue weighted by atomic mass is 15.2. The topological polar surface area (TPSA) is 15.3 Å². The summed E-state index contributed by atoms with van der Waals surface area (Å²) in [5.74, 6) is 0. The van der Waals surface area contributed by atoms with Crippen LogP contribution in [0.15, 0.2) is 12.1 Å². The second-order valence-electron chi connectivity index (χ2n) is 5.77. The van der Waals surface area contributed by atoms with E-state index in [1.54, 1.807) is 0 Å². The smallest absolute Gasteiger partial charge is 0.0540 e. The molecular weight excluding hydrogens is 208 g/mol. The maximum atomic E-state index is 3.70. The van der Waals surface area contributed by atoms with Gasteiger partial charge in [-0.05, 0) is 51.4 Å². The Morgan fingerprint density at radius 1 is 1.18 bits per heavy atom. The molecule has 1 aromatic carbocycles. The van der Waals surface area contributed by atoms with E-state index in [0.717, 1.165) is 19.6 Å². The number of nitrogens with one attached hydrogen (secondary N) is 1. The number of rotatable bonds is 1. The molecule has 1 unspecified atom stereocenters. The molecule has 1 fully saturated rings. The van der Waals surface area contributed by atoms with Crippen molar-refractivity contribution in [1.29, 1.82) is 0 Å². The van der Waals surface area contributed by atoms with Crippen LogP contribution in [-0.2, 0) is 5.54 Å². The van der Waals surface area contributed by atoms with Gasteiger partial charge in [-0.15, -0.1) is 0 Å². The Bertz CT molecular complexity index is 402. The van der Waals surface area contributed by atoms with Crippen molar-refractivity contribution in [3.05, 3.63) is 34.4 Å². The fraction of sp³-hybridized carbons (Fsp3) is 0.600. The van der Waals surface area contributed by atoms with Gasteiger partial charge in [0, 0.05) is 19.6 Å². The third-order valence-corrected chi connectivity index (χ3v) is 3.82. The zero-order chi connectivity index (χ0) is 12.6. The van der Waals surface area contributed by atoms with Crippen LogP contribution >= 0.6 is 0 Å². The molecule has 0 saturated carbocycles. The molecule has 2 nitrogen and oxygen atoms in total. The molecular formula is C15H24N2. The van der Waals surface area contributed by atoms with Crippen molar-refractivity contribution >= 4 is 0 Å². The normalized spacial score (nSPS) is 26.2. The van der Waals surface area contributed by atoms with Gasteiger partial charge in [-0.2, -0.15) is 0 Å². The van der Waals surface area contributed by atoms with Gasteiger partial charge < -0.3 is 10.2 Å². The fourth-order valence-corrected chi connectivity index (χ4v) is 3.42. The number of benzene rings is 1. The van der Waals surface area contributed by atoms with Gasteiger partial charge in [-0.1, -0.05) is 17.7 Å². The van der Waals surface area contributed by atoms with Gasteiger partial charge >= 0.3 is 0 Å². The predicted octanol–water partition coefficient (Wildman–Crippen LogP) is 2.36. The van der Waals surface area contributed by atoms with E-state index in [2.05, 4.69) is 57.1 Å². The van der Waals surface area contributed by atoms with Gasteiger partial charge in [0.05, 0.1) is 5.54 Å². The Balaban J connectivity index is 2.45. The summed E-state index contributed by atoms with van der Waals surface area (Å²) in [5.41, 5.74) is 5.75. The number of nitrogens with zero attached hydrogens (tertiary/aromatic N) is 1. The predicted molar refractivity (Wildman–Crippen MR) is 73.5 cm³/mol. The molecule has 1 heterocycles. The van der Waals surface area contributed by atoms with E-state index in [1.807, 2.05) is 0 Å². The Labute approximate surface area is 105 Å². The van der Waals surface area contributed by atoms with E-state index in [0.29, 0.717) is 0 Å². The molecule has 1 saturated heterocycles. The average molecular weight is 232 g/mol. The van der Waals surface area contributed by atoms with Crippen LogP contribution in [0.3, 0.4) is 0 Å². The average Bonchev–Trinajstić information content (AvgIpc) is 2.14. The summed E-state index contributed by atoms with van der Waals surface area (Å²) < 4.78 is 0. The third kappa shape index (κ3) is 2.38. The molecule has 94 valence electrons. The molecule has 1 aliphatic heterocycles. The zero-order valence-electron chi connectivity index (χ0n) is 11.7.